The molecule has 0 saturated carbocycles. The summed E-state index contributed by atoms with van der Waals surface area (Å²) in [6, 6.07) is -0.883. The minimum atomic E-state index is -1.26. The molecule has 0 aliphatic carbocycles. The van der Waals surface area contributed by atoms with Crippen molar-refractivity contribution in [1.29, 1.82) is 0 Å². The molecule has 0 aliphatic heterocycles. The van der Waals surface area contributed by atoms with Gasteiger partial charge in [0.2, 0.25) is 11.8 Å². The lowest BCUT2D eigenvalue weighted by Gasteiger charge is -2.33. The number of hydrogen-bond acceptors (Lipinski definition) is 8. The van der Waals surface area contributed by atoms with Crippen LogP contribution < -0.4 is 22.1 Å². The van der Waals surface area contributed by atoms with Gasteiger partial charge in [0.05, 0.1) is 17.9 Å². The van der Waals surface area contributed by atoms with Crippen LogP contribution in [0, 0.1) is 16.7 Å². The third-order valence-corrected chi connectivity index (χ3v) is 7.24. The van der Waals surface area contributed by atoms with Crippen molar-refractivity contribution in [2.75, 3.05) is 13.6 Å². The summed E-state index contributed by atoms with van der Waals surface area (Å²) in [7, 11) is 1.85. The number of imidazole rings is 1. The fourth-order valence-corrected chi connectivity index (χ4v) is 4.19. The Kier molecular flexibility index (Phi) is 12.6. The Bertz CT molecular complexity index is 1000. The molecule has 1 aromatic heterocycles. The second-order valence-electron chi connectivity index (χ2n) is 12.3. The molecule has 0 spiro atoms. The van der Waals surface area contributed by atoms with Crippen molar-refractivity contribution < 1.29 is 24.0 Å². The summed E-state index contributed by atoms with van der Waals surface area (Å²) in [5.41, 5.74) is 8.87. The summed E-state index contributed by atoms with van der Waals surface area (Å²) < 4.78 is 0. The number of carbonyl (C=O) groups is 5. The maximum Gasteiger partial charge on any atom is 0.238 e. The van der Waals surface area contributed by atoms with Gasteiger partial charge in [-0.3, -0.25) is 24.0 Å². The number of nitrogens with two attached hydrogens (primary N) is 2. The maximum absolute atomic E-state index is 13.3. The molecule has 1 heterocycles. The van der Waals surface area contributed by atoms with Crippen molar-refractivity contribution in [2.45, 2.75) is 98.1 Å². The van der Waals surface area contributed by atoms with Crippen molar-refractivity contribution in [2.24, 2.45) is 28.2 Å². The van der Waals surface area contributed by atoms with Gasteiger partial charge in [-0.2, -0.15) is 0 Å². The second-order valence-corrected chi connectivity index (χ2v) is 12.3. The van der Waals surface area contributed by atoms with Crippen molar-refractivity contribution in [3.8, 4) is 0 Å². The zero-order valence-electron chi connectivity index (χ0n) is 24.6. The van der Waals surface area contributed by atoms with Gasteiger partial charge in [-0.25, -0.2) is 4.98 Å². The number of hydrogen-bond donors (Lipinski definition) is 5. The second kappa shape index (κ2) is 14.5. The minimum absolute atomic E-state index is 0.0214. The number of ketones is 3. The third-order valence-electron chi connectivity index (χ3n) is 7.24. The van der Waals surface area contributed by atoms with Gasteiger partial charge in [-0.15, -0.1) is 0 Å². The molecule has 39 heavy (non-hydrogen) atoms. The number of carbonyl (C=O) groups excluding carboxylic acids is 5. The molecule has 0 bridgehead atoms. The fourth-order valence-electron chi connectivity index (χ4n) is 4.19. The van der Waals surface area contributed by atoms with Crippen LogP contribution in [0.2, 0.25) is 0 Å². The van der Waals surface area contributed by atoms with E-state index in [2.05, 4.69) is 20.6 Å². The zero-order chi connectivity index (χ0) is 30.0. The number of nitrogens with zero attached hydrogens (tertiary/aromatic N) is 1. The van der Waals surface area contributed by atoms with Gasteiger partial charge in [-0.1, -0.05) is 34.1 Å². The van der Waals surface area contributed by atoms with Gasteiger partial charge in [0.25, 0.3) is 0 Å². The Balaban J connectivity index is 2.77. The van der Waals surface area contributed by atoms with Crippen molar-refractivity contribution >= 4 is 29.2 Å². The summed E-state index contributed by atoms with van der Waals surface area (Å²) in [6.07, 6.45) is 5.20. The Morgan fingerprint density at radius 3 is 2.08 bits per heavy atom. The molecule has 0 aromatic carbocycles. The number of H-pyrrole nitrogens is 1. The SMILES string of the molecule is CNCCCC[C@H](CC(=O)C(C)(C)CC(=O)C(C)(C)CC(=O)C(C)(C)NC(=O)[C@@H](N)Cc1cnc[nH]1)C(N)=O. The zero-order valence-corrected chi connectivity index (χ0v) is 24.6. The van der Waals surface area contributed by atoms with E-state index in [9.17, 15) is 24.0 Å². The largest absolute Gasteiger partial charge is 0.369 e. The van der Waals surface area contributed by atoms with Crippen molar-refractivity contribution in [3.05, 3.63) is 18.2 Å². The first kappa shape index (κ1) is 34.1. The Hall–Kier alpha value is -2.92. The van der Waals surface area contributed by atoms with E-state index in [0.29, 0.717) is 12.1 Å². The standard InChI is InChI=1S/C28H48N6O5/c1-26(2,21(35)12-18(24(30)38)10-8-9-11-31-7)14-22(36)27(3,4)15-23(37)28(5,6)34-25(39)20(29)13-19-16-32-17-33-19/h16-18,20,31H,8-15,29H2,1-7H3,(H2,30,38)(H,32,33)(H,34,39)/t18-,20+/m1/s1. The summed E-state index contributed by atoms with van der Waals surface area (Å²) in [5.74, 6) is -2.39. The number of unbranched alkanes of at least 4 members (excludes halogenated alkanes) is 1. The average molecular weight is 549 g/mol. The molecule has 2 amide bonds. The van der Waals surface area contributed by atoms with Crippen LogP contribution in [0.25, 0.3) is 0 Å². The van der Waals surface area contributed by atoms with E-state index in [1.807, 2.05) is 7.05 Å². The molecule has 1 aromatic rings. The molecule has 0 aliphatic rings. The number of rotatable bonds is 19. The van der Waals surface area contributed by atoms with Crippen LogP contribution in [-0.4, -0.2) is 64.3 Å². The number of primary amides is 1. The molecule has 220 valence electrons. The monoisotopic (exact) mass is 548 g/mol. The molecule has 0 fully saturated rings. The summed E-state index contributed by atoms with van der Waals surface area (Å²) in [6.45, 7) is 10.6. The molecule has 1 rings (SSSR count). The Labute approximate surface area is 232 Å². The normalized spacial score (nSPS) is 13.9. The van der Waals surface area contributed by atoms with Gasteiger partial charge < -0.3 is 27.1 Å². The minimum Gasteiger partial charge on any atom is -0.369 e. The van der Waals surface area contributed by atoms with Crippen molar-refractivity contribution in [1.82, 2.24) is 20.6 Å². The predicted molar refractivity (Wildman–Crippen MR) is 149 cm³/mol. The number of Topliss-reactive ketones (excluding diaryl/α,β-unsaturated/α-hetero) is 3. The Morgan fingerprint density at radius 1 is 0.949 bits per heavy atom. The first-order valence-electron chi connectivity index (χ1n) is 13.5. The van der Waals surface area contributed by atoms with Crippen LogP contribution in [0.5, 0.6) is 0 Å². The number of nitrogens with one attached hydrogen (secondary N) is 3. The van der Waals surface area contributed by atoms with Crippen LogP contribution in [0.4, 0.5) is 0 Å². The van der Waals surface area contributed by atoms with Gasteiger partial charge in [0, 0.05) is 54.3 Å². The van der Waals surface area contributed by atoms with Crippen molar-refractivity contribution in [3.63, 3.8) is 0 Å². The lowest BCUT2D eigenvalue weighted by atomic mass is 9.71. The molecule has 0 saturated heterocycles. The number of amides is 2. The first-order chi connectivity index (χ1) is 17.9. The lowest BCUT2D eigenvalue weighted by molar-refractivity contribution is -0.140. The van der Waals surface area contributed by atoms with Gasteiger partial charge in [0.15, 0.2) is 5.78 Å². The van der Waals surface area contributed by atoms with E-state index in [1.165, 1.54) is 6.33 Å². The average Bonchev–Trinajstić information content (AvgIpc) is 3.32. The van der Waals surface area contributed by atoms with E-state index in [4.69, 9.17) is 11.5 Å². The molecule has 11 nitrogen and oxygen atoms in total. The van der Waals surface area contributed by atoms with E-state index < -0.39 is 40.1 Å². The van der Waals surface area contributed by atoms with Crippen LogP contribution in [-0.2, 0) is 30.4 Å². The predicted octanol–water partition coefficient (Wildman–Crippen LogP) is 1.60. The maximum atomic E-state index is 13.3. The molecular weight excluding hydrogens is 500 g/mol. The third kappa shape index (κ3) is 11.0. The van der Waals surface area contributed by atoms with E-state index in [-0.39, 0.29) is 43.0 Å². The lowest BCUT2D eigenvalue weighted by Crippen LogP contribution is -2.56. The Morgan fingerprint density at radius 2 is 1.54 bits per heavy atom. The van der Waals surface area contributed by atoms with E-state index in [1.54, 1.807) is 47.7 Å². The topological polar surface area (TPSA) is 190 Å². The molecule has 7 N–H and O–H groups in total. The number of aromatic nitrogens is 2. The summed E-state index contributed by atoms with van der Waals surface area (Å²) in [5, 5.41) is 5.73. The van der Waals surface area contributed by atoms with Crippen LogP contribution in [0.1, 0.15) is 85.8 Å². The van der Waals surface area contributed by atoms with Crippen LogP contribution in [0.3, 0.4) is 0 Å². The van der Waals surface area contributed by atoms with Crippen LogP contribution in [0.15, 0.2) is 12.5 Å². The van der Waals surface area contributed by atoms with E-state index in [0.717, 1.165) is 19.4 Å². The number of aromatic amines is 1. The molecule has 0 unspecified atom stereocenters. The molecule has 0 radical (unpaired) electrons. The molecule has 2 atom stereocenters. The highest BCUT2D eigenvalue weighted by Gasteiger charge is 2.41. The summed E-state index contributed by atoms with van der Waals surface area (Å²) in [4.78, 5) is 70.9. The highest BCUT2D eigenvalue weighted by atomic mass is 16.2. The highest BCUT2D eigenvalue weighted by molar-refractivity contribution is 5.99. The molecular formula is C28H48N6O5. The van der Waals surface area contributed by atoms with Gasteiger partial charge in [-0.05, 0) is 40.3 Å². The summed E-state index contributed by atoms with van der Waals surface area (Å²) >= 11 is 0. The van der Waals surface area contributed by atoms with E-state index >= 15 is 0 Å². The fraction of sp³-hybridized carbons (Fsp3) is 0.714. The van der Waals surface area contributed by atoms with Gasteiger partial charge in [0.1, 0.15) is 11.6 Å². The highest BCUT2D eigenvalue weighted by Crippen LogP contribution is 2.34. The smallest absolute Gasteiger partial charge is 0.238 e. The first-order valence-corrected chi connectivity index (χ1v) is 13.5. The van der Waals surface area contributed by atoms with Gasteiger partial charge >= 0.3 is 0 Å². The quantitative estimate of drug-likeness (QED) is 0.161. The molecule has 11 heteroatoms. The van der Waals surface area contributed by atoms with Crippen LogP contribution >= 0.6 is 0 Å².